The molecule has 1 atom stereocenters. The molecule has 2 amide bonds. The fourth-order valence-corrected chi connectivity index (χ4v) is 4.07. The molecule has 0 spiro atoms. The largest absolute Gasteiger partial charge is 0.492 e. The van der Waals surface area contributed by atoms with E-state index in [1.807, 2.05) is 25.7 Å². The number of hydrogen-bond donors (Lipinski definition) is 2. The number of nitrogens with zero attached hydrogens (tertiary/aromatic N) is 4. The van der Waals surface area contributed by atoms with E-state index >= 15 is 0 Å². The number of amides is 2. The fourth-order valence-electron chi connectivity index (χ4n) is 4.07. The van der Waals surface area contributed by atoms with Crippen LogP contribution in [0.25, 0.3) is 11.7 Å². The molecule has 0 aromatic carbocycles. The Labute approximate surface area is 180 Å². The number of carbonyl (C=O) groups excluding carboxylic acids is 2. The summed E-state index contributed by atoms with van der Waals surface area (Å²) in [4.78, 5) is 40.3. The van der Waals surface area contributed by atoms with Gasteiger partial charge >= 0.3 is 0 Å². The zero-order chi connectivity index (χ0) is 22.3. The van der Waals surface area contributed by atoms with E-state index in [-0.39, 0.29) is 29.5 Å². The average molecular weight is 428 g/mol. The van der Waals surface area contributed by atoms with Crippen LogP contribution >= 0.6 is 0 Å². The van der Waals surface area contributed by atoms with Crippen LogP contribution in [0.3, 0.4) is 0 Å². The number of rotatable bonds is 6. The summed E-state index contributed by atoms with van der Waals surface area (Å²) in [5.74, 6) is -1.05. The highest BCUT2D eigenvalue weighted by molar-refractivity contribution is 5.97. The fraction of sp³-hybridized carbons (Fsp3) is 0.545. The highest BCUT2D eigenvalue weighted by atomic mass is 16.3. The van der Waals surface area contributed by atoms with Gasteiger partial charge in [0.2, 0.25) is 11.8 Å². The second-order valence-corrected chi connectivity index (χ2v) is 8.95. The van der Waals surface area contributed by atoms with Crippen LogP contribution in [0, 0.1) is 5.92 Å². The van der Waals surface area contributed by atoms with Crippen molar-refractivity contribution in [2.75, 3.05) is 6.54 Å². The number of fused-ring (bicyclic) bond motifs is 1. The summed E-state index contributed by atoms with van der Waals surface area (Å²) in [6, 6.07) is 0.257. The molecule has 1 saturated heterocycles. The molecule has 9 nitrogen and oxygen atoms in total. The zero-order valence-electron chi connectivity index (χ0n) is 18.2. The number of hydrogen-bond acceptors (Lipinski definition) is 5. The van der Waals surface area contributed by atoms with Crippen LogP contribution in [0.5, 0.6) is 5.88 Å². The molecule has 2 fully saturated rings. The van der Waals surface area contributed by atoms with Crippen LogP contribution in [0.4, 0.5) is 0 Å². The van der Waals surface area contributed by atoms with Crippen molar-refractivity contribution in [3.8, 4) is 5.88 Å². The maximum atomic E-state index is 13.2. The molecule has 2 N–H and O–H groups in total. The van der Waals surface area contributed by atoms with E-state index in [1.165, 1.54) is 21.4 Å². The monoisotopic (exact) mass is 427 g/mol. The number of aromatic hydroxyl groups is 1. The first kappa shape index (κ1) is 21.1. The summed E-state index contributed by atoms with van der Waals surface area (Å²) in [6.45, 7) is 7.03. The SMILES string of the molecule is CC(C)Cn1c(=O)c(C(=O)NC2CC2)c(O)n2ncc(C=CC(=O)N3CCCC3C)c12. The first-order valence-electron chi connectivity index (χ1n) is 10.9. The molecule has 3 heterocycles. The van der Waals surface area contributed by atoms with Gasteiger partial charge in [0.1, 0.15) is 5.65 Å². The molecule has 0 radical (unpaired) electrons. The molecular formula is C22H29N5O4. The molecule has 4 rings (SSSR count). The van der Waals surface area contributed by atoms with Crippen molar-refractivity contribution in [3.63, 3.8) is 0 Å². The molecule has 1 aliphatic heterocycles. The Kier molecular flexibility index (Phi) is 5.60. The van der Waals surface area contributed by atoms with Gasteiger partial charge in [-0.1, -0.05) is 13.8 Å². The van der Waals surface area contributed by atoms with Crippen LogP contribution in [-0.4, -0.2) is 54.6 Å². The normalized spacial score (nSPS) is 19.1. The highest BCUT2D eigenvalue weighted by Crippen LogP contribution is 2.24. The molecule has 0 bridgehead atoms. The minimum atomic E-state index is -0.588. The predicted molar refractivity (Wildman–Crippen MR) is 116 cm³/mol. The van der Waals surface area contributed by atoms with E-state index in [9.17, 15) is 19.5 Å². The van der Waals surface area contributed by atoms with Crippen LogP contribution in [-0.2, 0) is 11.3 Å². The topological polar surface area (TPSA) is 109 Å². The lowest BCUT2D eigenvalue weighted by Crippen LogP contribution is -2.36. The molecule has 2 aromatic rings. The first-order valence-corrected chi connectivity index (χ1v) is 10.9. The maximum Gasteiger partial charge on any atom is 0.270 e. The minimum Gasteiger partial charge on any atom is -0.492 e. The predicted octanol–water partition coefficient (Wildman–Crippen LogP) is 1.77. The van der Waals surface area contributed by atoms with Crippen LogP contribution in [0.2, 0.25) is 0 Å². The van der Waals surface area contributed by atoms with E-state index < -0.39 is 17.3 Å². The highest BCUT2D eigenvalue weighted by Gasteiger charge is 2.30. The summed E-state index contributed by atoms with van der Waals surface area (Å²) < 4.78 is 2.66. The molecule has 9 heteroatoms. The van der Waals surface area contributed by atoms with Crippen molar-refractivity contribution >= 4 is 23.5 Å². The Morgan fingerprint density at radius 1 is 1.32 bits per heavy atom. The number of nitrogens with one attached hydrogen (secondary N) is 1. The lowest BCUT2D eigenvalue weighted by molar-refractivity contribution is -0.126. The molecule has 166 valence electrons. The van der Waals surface area contributed by atoms with Crippen molar-refractivity contribution in [1.29, 1.82) is 0 Å². The summed E-state index contributed by atoms with van der Waals surface area (Å²) >= 11 is 0. The van der Waals surface area contributed by atoms with Gasteiger partial charge in [0.15, 0.2) is 5.56 Å². The van der Waals surface area contributed by atoms with Gasteiger partial charge < -0.3 is 15.3 Å². The molecule has 31 heavy (non-hydrogen) atoms. The van der Waals surface area contributed by atoms with Crippen molar-refractivity contribution in [1.82, 2.24) is 24.4 Å². The van der Waals surface area contributed by atoms with E-state index in [1.54, 1.807) is 6.08 Å². The Hall–Kier alpha value is -3.10. The van der Waals surface area contributed by atoms with Gasteiger partial charge in [0, 0.05) is 36.8 Å². The number of carbonyl (C=O) groups is 2. The van der Waals surface area contributed by atoms with Crippen LogP contribution in [0.1, 0.15) is 62.4 Å². The third kappa shape index (κ3) is 4.08. The van der Waals surface area contributed by atoms with Gasteiger partial charge in [-0.2, -0.15) is 9.61 Å². The summed E-state index contributed by atoms with van der Waals surface area (Å²) in [5, 5.41) is 17.7. The summed E-state index contributed by atoms with van der Waals surface area (Å²) in [6.07, 6.45) is 8.31. The second-order valence-electron chi connectivity index (χ2n) is 8.95. The van der Waals surface area contributed by atoms with Gasteiger partial charge in [-0.15, -0.1) is 0 Å². The molecule has 1 unspecified atom stereocenters. The Balaban J connectivity index is 1.77. The van der Waals surface area contributed by atoms with Gasteiger partial charge in [0.05, 0.1) is 6.20 Å². The average Bonchev–Trinajstić information content (AvgIpc) is 3.24. The first-order chi connectivity index (χ1) is 14.8. The van der Waals surface area contributed by atoms with E-state index in [0.29, 0.717) is 17.8 Å². The lowest BCUT2D eigenvalue weighted by atomic mass is 10.2. The van der Waals surface area contributed by atoms with Gasteiger partial charge in [-0.25, -0.2) is 0 Å². The Bertz CT molecular complexity index is 1110. The van der Waals surface area contributed by atoms with E-state index in [4.69, 9.17) is 0 Å². The standard InChI is InChI=1S/C22H29N5O4/c1-13(2)12-26-20-15(6-9-17(28)25-10-4-5-14(25)3)11-23-27(20)22(31)18(21(26)30)19(29)24-16-7-8-16/h6,9,11,13-14,16,31H,4-5,7-8,10,12H2,1-3H3,(H,24,29). The van der Waals surface area contributed by atoms with Crippen LogP contribution < -0.4 is 10.9 Å². The van der Waals surface area contributed by atoms with Crippen molar-refractivity contribution in [2.45, 2.75) is 65.1 Å². The zero-order valence-corrected chi connectivity index (χ0v) is 18.2. The molecular weight excluding hydrogens is 398 g/mol. The summed E-state index contributed by atoms with van der Waals surface area (Å²) in [7, 11) is 0. The molecule has 2 aromatic heterocycles. The molecule has 1 saturated carbocycles. The smallest absolute Gasteiger partial charge is 0.270 e. The Morgan fingerprint density at radius 3 is 2.68 bits per heavy atom. The van der Waals surface area contributed by atoms with Crippen molar-refractivity contribution < 1.29 is 14.7 Å². The second kappa shape index (κ2) is 8.20. The van der Waals surface area contributed by atoms with Crippen molar-refractivity contribution in [3.05, 3.63) is 33.8 Å². The minimum absolute atomic E-state index is 0.0515. The van der Waals surface area contributed by atoms with Gasteiger partial charge in [-0.3, -0.25) is 19.0 Å². The third-order valence-electron chi connectivity index (χ3n) is 5.84. The maximum absolute atomic E-state index is 13.2. The van der Waals surface area contributed by atoms with Gasteiger partial charge in [0.25, 0.3) is 11.5 Å². The number of aromatic nitrogens is 3. The lowest BCUT2D eigenvalue weighted by Gasteiger charge is -2.19. The van der Waals surface area contributed by atoms with Crippen molar-refractivity contribution in [2.24, 2.45) is 5.92 Å². The molecule has 1 aliphatic carbocycles. The summed E-state index contributed by atoms with van der Waals surface area (Å²) in [5.41, 5.74) is 0.0206. The number of likely N-dealkylation sites (tertiary alicyclic amines) is 1. The molecule has 2 aliphatic rings. The van der Waals surface area contributed by atoms with E-state index in [2.05, 4.69) is 10.4 Å². The third-order valence-corrected chi connectivity index (χ3v) is 5.84. The quantitative estimate of drug-likeness (QED) is 0.683. The Morgan fingerprint density at radius 2 is 2.06 bits per heavy atom. The van der Waals surface area contributed by atoms with E-state index in [0.717, 1.165) is 32.2 Å². The van der Waals surface area contributed by atoms with Crippen LogP contribution in [0.15, 0.2) is 17.1 Å². The van der Waals surface area contributed by atoms with Gasteiger partial charge in [-0.05, 0) is 44.6 Å².